The molecule has 1 atom stereocenters. The van der Waals surface area contributed by atoms with Gasteiger partial charge in [0.2, 0.25) is 0 Å². The Morgan fingerprint density at radius 2 is 2.18 bits per heavy atom. The summed E-state index contributed by atoms with van der Waals surface area (Å²) in [4.78, 5) is 4.31. The molecule has 0 saturated carbocycles. The third-order valence-electron chi connectivity index (χ3n) is 2.49. The maximum atomic E-state index is 5.79. The lowest BCUT2D eigenvalue weighted by molar-refractivity contribution is 0.179. The van der Waals surface area contributed by atoms with Crippen LogP contribution in [0.25, 0.3) is 0 Å². The molecule has 0 aliphatic rings. The fourth-order valence-electron chi connectivity index (χ4n) is 1.55. The van der Waals surface area contributed by atoms with Crippen LogP contribution in [0.15, 0.2) is 29.3 Å². The highest BCUT2D eigenvalue weighted by Gasteiger charge is 2.01. The monoisotopic (exact) mass is 235 g/mol. The number of aliphatic imine (C=N–C) groups is 1. The van der Waals surface area contributed by atoms with Crippen molar-refractivity contribution in [3.63, 3.8) is 0 Å². The maximum absolute atomic E-state index is 5.79. The van der Waals surface area contributed by atoms with E-state index in [4.69, 9.17) is 10.5 Å². The maximum Gasteiger partial charge on any atom is 0.189 e. The predicted molar refractivity (Wildman–Crippen MR) is 71.0 cm³/mol. The van der Waals surface area contributed by atoms with Crippen LogP contribution in [0, 0.1) is 6.92 Å². The first-order valence-corrected chi connectivity index (χ1v) is 5.73. The molecule has 3 N–H and O–H groups in total. The summed E-state index contributed by atoms with van der Waals surface area (Å²) < 4.78 is 5.01. The molecule has 0 amide bonds. The average Bonchev–Trinajstić information content (AvgIpc) is 2.28. The Balaban J connectivity index is 2.50. The number of rotatable bonds is 5. The summed E-state index contributed by atoms with van der Waals surface area (Å²) in [6, 6.07) is 8.33. The van der Waals surface area contributed by atoms with Crippen LogP contribution < -0.4 is 11.1 Å². The SMILES string of the molecule is COCC(C)NC(N)=NCc1ccccc1C. The summed E-state index contributed by atoms with van der Waals surface area (Å²) in [6.07, 6.45) is 0. The van der Waals surface area contributed by atoms with Gasteiger partial charge in [-0.1, -0.05) is 24.3 Å². The summed E-state index contributed by atoms with van der Waals surface area (Å²) in [5.41, 5.74) is 8.21. The minimum atomic E-state index is 0.167. The van der Waals surface area contributed by atoms with Gasteiger partial charge in [-0.25, -0.2) is 4.99 Å². The zero-order valence-electron chi connectivity index (χ0n) is 10.7. The summed E-state index contributed by atoms with van der Waals surface area (Å²) in [5, 5.41) is 3.07. The van der Waals surface area contributed by atoms with E-state index in [1.165, 1.54) is 11.1 Å². The second kappa shape index (κ2) is 6.91. The van der Waals surface area contributed by atoms with Crippen molar-refractivity contribution >= 4 is 5.96 Å². The van der Waals surface area contributed by atoms with Crippen molar-refractivity contribution in [1.29, 1.82) is 0 Å². The zero-order valence-corrected chi connectivity index (χ0v) is 10.7. The van der Waals surface area contributed by atoms with Gasteiger partial charge in [-0.2, -0.15) is 0 Å². The van der Waals surface area contributed by atoms with E-state index in [0.29, 0.717) is 19.1 Å². The van der Waals surface area contributed by atoms with Gasteiger partial charge in [0.25, 0.3) is 0 Å². The fraction of sp³-hybridized carbons (Fsp3) is 0.462. The van der Waals surface area contributed by atoms with Crippen LogP contribution in [0.3, 0.4) is 0 Å². The van der Waals surface area contributed by atoms with Crippen LogP contribution in [-0.4, -0.2) is 25.7 Å². The van der Waals surface area contributed by atoms with Crippen LogP contribution in [0.5, 0.6) is 0 Å². The molecule has 0 spiro atoms. The van der Waals surface area contributed by atoms with Crippen LogP contribution >= 0.6 is 0 Å². The fourth-order valence-corrected chi connectivity index (χ4v) is 1.55. The lowest BCUT2D eigenvalue weighted by Crippen LogP contribution is -2.40. The van der Waals surface area contributed by atoms with E-state index in [-0.39, 0.29) is 6.04 Å². The van der Waals surface area contributed by atoms with E-state index in [1.54, 1.807) is 7.11 Å². The van der Waals surface area contributed by atoms with Crippen molar-refractivity contribution in [3.05, 3.63) is 35.4 Å². The molecule has 1 rings (SSSR count). The molecule has 94 valence electrons. The van der Waals surface area contributed by atoms with Gasteiger partial charge in [0.1, 0.15) is 0 Å². The molecule has 1 unspecified atom stereocenters. The molecule has 0 heterocycles. The molecular weight excluding hydrogens is 214 g/mol. The van der Waals surface area contributed by atoms with Crippen molar-refractivity contribution in [1.82, 2.24) is 5.32 Å². The summed E-state index contributed by atoms with van der Waals surface area (Å²) in [7, 11) is 1.67. The molecule has 4 nitrogen and oxygen atoms in total. The van der Waals surface area contributed by atoms with Gasteiger partial charge < -0.3 is 15.8 Å². The molecule has 1 aromatic carbocycles. The van der Waals surface area contributed by atoms with E-state index < -0.39 is 0 Å². The largest absolute Gasteiger partial charge is 0.383 e. The average molecular weight is 235 g/mol. The molecule has 0 aliphatic heterocycles. The lowest BCUT2D eigenvalue weighted by Gasteiger charge is -2.13. The minimum Gasteiger partial charge on any atom is -0.383 e. The second-order valence-corrected chi connectivity index (χ2v) is 4.13. The highest BCUT2D eigenvalue weighted by molar-refractivity contribution is 5.78. The number of nitrogens with two attached hydrogens (primary N) is 1. The van der Waals surface area contributed by atoms with Gasteiger partial charge in [-0.05, 0) is 25.0 Å². The molecule has 17 heavy (non-hydrogen) atoms. The minimum absolute atomic E-state index is 0.167. The summed E-state index contributed by atoms with van der Waals surface area (Å²) in [6.45, 7) is 5.29. The Bertz CT molecular complexity index is 377. The Kier molecular flexibility index (Phi) is 5.49. The number of ether oxygens (including phenoxy) is 1. The first kappa shape index (κ1) is 13.5. The lowest BCUT2D eigenvalue weighted by atomic mass is 10.1. The number of hydrogen-bond acceptors (Lipinski definition) is 2. The molecule has 0 fully saturated rings. The van der Waals surface area contributed by atoms with Crippen LogP contribution in [0.2, 0.25) is 0 Å². The third-order valence-corrected chi connectivity index (χ3v) is 2.49. The molecule has 0 saturated heterocycles. The van der Waals surface area contributed by atoms with E-state index in [1.807, 2.05) is 19.1 Å². The first-order chi connectivity index (χ1) is 8.13. The van der Waals surface area contributed by atoms with Gasteiger partial charge in [0, 0.05) is 13.2 Å². The number of aryl methyl sites for hydroxylation is 1. The number of benzene rings is 1. The van der Waals surface area contributed by atoms with Crippen LogP contribution in [0.4, 0.5) is 0 Å². The standard InChI is InChI=1S/C13H21N3O/c1-10-6-4-5-7-12(10)8-15-13(14)16-11(2)9-17-3/h4-7,11H,8-9H2,1-3H3,(H3,14,15,16). The van der Waals surface area contributed by atoms with Gasteiger partial charge in [0.05, 0.1) is 13.2 Å². The normalized spacial score (nSPS) is 13.5. The van der Waals surface area contributed by atoms with Crippen molar-refractivity contribution in [2.45, 2.75) is 26.4 Å². The van der Waals surface area contributed by atoms with E-state index in [2.05, 4.69) is 29.4 Å². The van der Waals surface area contributed by atoms with Crippen molar-refractivity contribution in [3.8, 4) is 0 Å². The van der Waals surface area contributed by atoms with E-state index >= 15 is 0 Å². The topological polar surface area (TPSA) is 59.6 Å². The summed E-state index contributed by atoms with van der Waals surface area (Å²) in [5.74, 6) is 0.456. The van der Waals surface area contributed by atoms with Gasteiger partial charge in [-0.15, -0.1) is 0 Å². The smallest absolute Gasteiger partial charge is 0.189 e. The number of hydrogen-bond donors (Lipinski definition) is 2. The van der Waals surface area contributed by atoms with E-state index in [9.17, 15) is 0 Å². The third kappa shape index (κ3) is 4.87. The predicted octanol–water partition coefficient (Wildman–Crippen LogP) is 1.43. The Morgan fingerprint density at radius 3 is 2.82 bits per heavy atom. The van der Waals surface area contributed by atoms with Gasteiger partial charge in [0.15, 0.2) is 5.96 Å². The van der Waals surface area contributed by atoms with Crippen LogP contribution in [-0.2, 0) is 11.3 Å². The first-order valence-electron chi connectivity index (χ1n) is 5.73. The van der Waals surface area contributed by atoms with Gasteiger partial charge >= 0.3 is 0 Å². The number of nitrogens with zero attached hydrogens (tertiary/aromatic N) is 1. The number of guanidine groups is 1. The van der Waals surface area contributed by atoms with E-state index in [0.717, 1.165) is 0 Å². The molecule has 4 heteroatoms. The number of methoxy groups -OCH3 is 1. The molecule has 1 aromatic rings. The number of nitrogens with one attached hydrogen (secondary N) is 1. The quantitative estimate of drug-likeness (QED) is 0.599. The Morgan fingerprint density at radius 1 is 1.47 bits per heavy atom. The van der Waals surface area contributed by atoms with Crippen molar-refractivity contribution in [2.75, 3.05) is 13.7 Å². The van der Waals surface area contributed by atoms with Crippen LogP contribution in [0.1, 0.15) is 18.1 Å². The van der Waals surface area contributed by atoms with Gasteiger partial charge in [-0.3, -0.25) is 0 Å². The molecule has 0 aromatic heterocycles. The Hall–Kier alpha value is -1.55. The molecule has 0 bridgehead atoms. The summed E-state index contributed by atoms with van der Waals surface area (Å²) >= 11 is 0. The second-order valence-electron chi connectivity index (χ2n) is 4.13. The van der Waals surface area contributed by atoms with Crippen molar-refractivity contribution < 1.29 is 4.74 Å². The molecule has 0 aliphatic carbocycles. The Labute approximate surface area is 103 Å². The molecular formula is C13H21N3O. The molecule has 0 radical (unpaired) electrons. The zero-order chi connectivity index (χ0) is 12.7. The van der Waals surface area contributed by atoms with Crippen molar-refractivity contribution in [2.24, 2.45) is 10.7 Å². The highest BCUT2D eigenvalue weighted by atomic mass is 16.5. The highest BCUT2D eigenvalue weighted by Crippen LogP contribution is 2.07.